The second-order valence-electron chi connectivity index (χ2n) is 6.79. The number of rotatable bonds is 5. The smallest absolute Gasteiger partial charge is 0.281 e. The number of halogens is 1. The number of nitrogens with one attached hydrogen (secondary N) is 1. The first-order valence-corrected chi connectivity index (χ1v) is 9.78. The van der Waals surface area contributed by atoms with Gasteiger partial charge in [-0.15, -0.1) is 0 Å². The molecule has 3 aliphatic rings. The van der Waals surface area contributed by atoms with Gasteiger partial charge < -0.3 is 15.2 Å². The minimum Gasteiger partial charge on any atom is -0.489 e. The molecule has 1 fully saturated rings. The SMILES string of the molecule is O=C1NC(O)C(CC2=CC3CC=C(OCc4ccccc4F)C=C3C=C2)S1. The van der Waals surface area contributed by atoms with Crippen LogP contribution in [-0.4, -0.2) is 21.8 Å². The van der Waals surface area contributed by atoms with Crippen LogP contribution in [0.5, 0.6) is 0 Å². The van der Waals surface area contributed by atoms with Crippen molar-refractivity contribution in [3.8, 4) is 0 Å². The van der Waals surface area contributed by atoms with E-state index in [2.05, 4.69) is 17.5 Å². The Morgan fingerprint density at radius 1 is 1.30 bits per heavy atom. The largest absolute Gasteiger partial charge is 0.489 e. The normalized spacial score (nSPS) is 26.7. The van der Waals surface area contributed by atoms with E-state index < -0.39 is 6.23 Å². The fourth-order valence-electron chi connectivity index (χ4n) is 3.41. The monoisotopic (exact) mass is 385 g/mol. The van der Waals surface area contributed by atoms with Crippen molar-refractivity contribution in [2.45, 2.75) is 30.9 Å². The molecule has 1 amide bonds. The van der Waals surface area contributed by atoms with E-state index in [9.17, 15) is 14.3 Å². The Morgan fingerprint density at radius 2 is 2.15 bits per heavy atom. The summed E-state index contributed by atoms with van der Waals surface area (Å²) >= 11 is 1.15. The first-order chi connectivity index (χ1) is 13.1. The number of carbonyl (C=O) groups excluding carboxylic acids is 1. The molecule has 2 N–H and O–H groups in total. The molecular weight excluding hydrogens is 365 g/mol. The molecule has 6 heteroatoms. The van der Waals surface area contributed by atoms with Gasteiger partial charge in [0.15, 0.2) is 0 Å². The van der Waals surface area contributed by atoms with Crippen LogP contribution in [0.1, 0.15) is 18.4 Å². The summed E-state index contributed by atoms with van der Waals surface area (Å²) in [7, 11) is 0. The number of thioether (sulfide) groups is 1. The van der Waals surface area contributed by atoms with Gasteiger partial charge >= 0.3 is 0 Å². The number of hydrogen-bond donors (Lipinski definition) is 2. The summed E-state index contributed by atoms with van der Waals surface area (Å²) in [6.07, 6.45) is 10.9. The van der Waals surface area contributed by atoms with E-state index in [1.807, 2.05) is 18.2 Å². The number of allylic oxidation sites excluding steroid dienone is 7. The van der Waals surface area contributed by atoms with Crippen molar-refractivity contribution in [3.63, 3.8) is 0 Å². The number of ether oxygens (including phenoxy) is 1. The molecule has 1 heterocycles. The lowest BCUT2D eigenvalue weighted by molar-refractivity contribution is 0.152. The van der Waals surface area contributed by atoms with Crippen molar-refractivity contribution in [1.29, 1.82) is 0 Å². The standard InChI is InChI=1S/C21H20FNO3S/c22-18-4-2-1-3-16(18)12-26-17-8-7-14-9-13(5-6-15(14)11-17)10-19-20(24)23-21(25)27-19/h1-6,8-9,11,14,19-20,24H,7,10,12H2,(H,23,25). The first-order valence-electron chi connectivity index (χ1n) is 8.90. The van der Waals surface area contributed by atoms with Crippen LogP contribution in [0.15, 0.2) is 71.6 Å². The van der Waals surface area contributed by atoms with E-state index in [1.165, 1.54) is 6.07 Å². The Balaban J connectivity index is 1.37. The first kappa shape index (κ1) is 18.1. The van der Waals surface area contributed by atoms with Crippen LogP contribution < -0.4 is 5.32 Å². The molecule has 0 bridgehead atoms. The third-order valence-electron chi connectivity index (χ3n) is 4.88. The zero-order valence-electron chi connectivity index (χ0n) is 14.6. The van der Waals surface area contributed by atoms with Gasteiger partial charge in [0.25, 0.3) is 5.24 Å². The van der Waals surface area contributed by atoms with Crippen LogP contribution in [0.3, 0.4) is 0 Å². The van der Waals surface area contributed by atoms with Gasteiger partial charge in [-0.3, -0.25) is 4.79 Å². The molecular formula is C21H20FNO3S. The predicted molar refractivity (Wildman–Crippen MR) is 103 cm³/mol. The lowest BCUT2D eigenvalue weighted by Gasteiger charge is -2.24. The number of amides is 1. The van der Waals surface area contributed by atoms with Crippen molar-refractivity contribution < 1.29 is 19.0 Å². The molecule has 1 aliphatic heterocycles. The zero-order valence-corrected chi connectivity index (χ0v) is 15.4. The lowest BCUT2D eigenvalue weighted by atomic mass is 9.84. The van der Waals surface area contributed by atoms with E-state index >= 15 is 0 Å². The lowest BCUT2D eigenvalue weighted by Crippen LogP contribution is -2.30. The maximum Gasteiger partial charge on any atom is 0.281 e. The number of aliphatic hydroxyl groups excluding tert-OH is 1. The fourth-order valence-corrected chi connectivity index (χ4v) is 4.35. The van der Waals surface area contributed by atoms with E-state index in [0.717, 1.165) is 35.1 Å². The third-order valence-corrected chi connectivity index (χ3v) is 5.94. The molecule has 3 atom stereocenters. The second-order valence-corrected chi connectivity index (χ2v) is 8.00. The van der Waals surface area contributed by atoms with Crippen molar-refractivity contribution in [3.05, 3.63) is 82.9 Å². The molecule has 1 saturated heterocycles. The van der Waals surface area contributed by atoms with Crippen LogP contribution in [-0.2, 0) is 11.3 Å². The van der Waals surface area contributed by atoms with Crippen molar-refractivity contribution in [2.75, 3.05) is 0 Å². The Bertz CT molecular complexity index is 874. The van der Waals surface area contributed by atoms with E-state index in [1.54, 1.807) is 18.2 Å². The third kappa shape index (κ3) is 4.17. The number of benzene rings is 1. The quantitative estimate of drug-likeness (QED) is 0.798. The molecule has 4 nitrogen and oxygen atoms in total. The molecule has 0 spiro atoms. The van der Waals surface area contributed by atoms with Gasteiger partial charge in [0, 0.05) is 11.5 Å². The number of aliphatic hydroxyl groups is 1. The Hall–Kier alpha value is -2.31. The molecule has 1 aromatic rings. The Kier molecular flexibility index (Phi) is 5.18. The van der Waals surface area contributed by atoms with E-state index in [-0.39, 0.29) is 28.8 Å². The molecule has 3 unspecified atom stereocenters. The summed E-state index contributed by atoms with van der Waals surface area (Å²) in [6, 6.07) is 6.61. The van der Waals surface area contributed by atoms with Crippen LogP contribution >= 0.6 is 11.8 Å². The van der Waals surface area contributed by atoms with Crippen molar-refractivity contribution >= 4 is 17.0 Å². The van der Waals surface area contributed by atoms with Gasteiger partial charge in [0.1, 0.15) is 24.4 Å². The van der Waals surface area contributed by atoms with Crippen LogP contribution in [0.2, 0.25) is 0 Å². The van der Waals surface area contributed by atoms with Gasteiger partial charge in [-0.05, 0) is 36.6 Å². The highest BCUT2D eigenvalue weighted by Gasteiger charge is 2.32. The van der Waals surface area contributed by atoms with E-state index in [4.69, 9.17) is 4.74 Å². The summed E-state index contributed by atoms with van der Waals surface area (Å²) < 4.78 is 19.5. The molecule has 1 aromatic carbocycles. The summed E-state index contributed by atoms with van der Waals surface area (Å²) in [5, 5.41) is 12.0. The van der Waals surface area contributed by atoms with Crippen LogP contribution in [0, 0.1) is 11.7 Å². The minimum absolute atomic E-state index is 0.155. The molecule has 4 rings (SSSR count). The molecule has 0 radical (unpaired) electrons. The van der Waals surface area contributed by atoms with Crippen LogP contribution in [0.25, 0.3) is 0 Å². The number of carbonyl (C=O) groups is 1. The summed E-state index contributed by atoms with van der Waals surface area (Å²) in [5.41, 5.74) is 2.81. The summed E-state index contributed by atoms with van der Waals surface area (Å²) in [6.45, 7) is 0.204. The average Bonchev–Trinajstić information content (AvgIpc) is 2.98. The van der Waals surface area contributed by atoms with Crippen LogP contribution in [0.4, 0.5) is 9.18 Å². The molecule has 27 heavy (non-hydrogen) atoms. The highest BCUT2D eigenvalue weighted by Crippen LogP contribution is 2.35. The van der Waals surface area contributed by atoms with E-state index in [0.29, 0.717) is 12.0 Å². The predicted octanol–water partition coefficient (Wildman–Crippen LogP) is 4.20. The van der Waals surface area contributed by atoms with Gasteiger partial charge in [-0.1, -0.05) is 53.8 Å². The van der Waals surface area contributed by atoms with Gasteiger partial charge in [0.05, 0.1) is 5.25 Å². The highest BCUT2D eigenvalue weighted by atomic mass is 32.2. The maximum absolute atomic E-state index is 13.7. The number of fused-ring (bicyclic) bond motifs is 1. The molecule has 2 aliphatic carbocycles. The fraction of sp³-hybridized carbons (Fsp3) is 0.286. The summed E-state index contributed by atoms with van der Waals surface area (Å²) in [4.78, 5) is 11.4. The highest BCUT2D eigenvalue weighted by molar-refractivity contribution is 8.14. The molecule has 0 saturated carbocycles. The van der Waals surface area contributed by atoms with Gasteiger partial charge in [-0.25, -0.2) is 4.39 Å². The van der Waals surface area contributed by atoms with Crippen molar-refractivity contribution in [1.82, 2.24) is 5.32 Å². The topological polar surface area (TPSA) is 58.6 Å². The zero-order chi connectivity index (χ0) is 18.8. The summed E-state index contributed by atoms with van der Waals surface area (Å²) in [5.74, 6) is 0.755. The molecule has 140 valence electrons. The maximum atomic E-state index is 13.7. The van der Waals surface area contributed by atoms with Crippen molar-refractivity contribution in [2.24, 2.45) is 5.92 Å². The minimum atomic E-state index is -0.793. The Morgan fingerprint density at radius 3 is 2.93 bits per heavy atom. The Labute approximate surface area is 161 Å². The average molecular weight is 385 g/mol. The van der Waals surface area contributed by atoms with Gasteiger partial charge in [0.2, 0.25) is 0 Å². The second kappa shape index (κ2) is 7.74. The van der Waals surface area contributed by atoms with Gasteiger partial charge in [-0.2, -0.15) is 0 Å². The number of hydrogen-bond acceptors (Lipinski definition) is 4. The molecule has 0 aromatic heterocycles.